The molecule has 114 valence electrons. The summed E-state index contributed by atoms with van der Waals surface area (Å²) < 4.78 is 0. The van der Waals surface area contributed by atoms with E-state index in [0.29, 0.717) is 0 Å². The Morgan fingerprint density at radius 2 is 2.05 bits per heavy atom. The van der Waals surface area contributed by atoms with E-state index in [1.54, 1.807) is 13.1 Å². The Hall–Kier alpha value is -2.38. The van der Waals surface area contributed by atoms with Gasteiger partial charge in [0, 0.05) is 23.5 Å². The number of carboxylic acids is 1. The second-order valence-electron chi connectivity index (χ2n) is 4.84. The Labute approximate surface area is 121 Å². The molecule has 0 unspecified atom stereocenters. The first-order valence-corrected chi connectivity index (χ1v) is 6.38. The van der Waals surface area contributed by atoms with E-state index in [4.69, 9.17) is 0 Å². The van der Waals surface area contributed by atoms with Gasteiger partial charge in [0.05, 0.1) is 12.0 Å². The van der Waals surface area contributed by atoms with Crippen LogP contribution in [0.3, 0.4) is 0 Å². The molecule has 0 aliphatic rings. The van der Waals surface area contributed by atoms with E-state index in [0.717, 1.165) is 16.5 Å². The number of benzene rings is 1. The summed E-state index contributed by atoms with van der Waals surface area (Å²) in [6.45, 7) is 1.60. The molecule has 7 N–H and O–H groups in total. The van der Waals surface area contributed by atoms with Gasteiger partial charge in [-0.2, -0.15) is 0 Å². The molecule has 0 spiro atoms. The number of carboxylic acid groups (broad SMARTS) is 1. The molecule has 2 atom stereocenters. The molecular weight excluding hydrogens is 274 g/mol. The highest BCUT2D eigenvalue weighted by atomic mass is 16.4. The molecular formula is C14H19N3O4. The molecule has 2 aromatic rings. The quantitative estimate of drug-likeness (QED) is 0.572. The molecule has 0 saturated heterocycles. The first kappa shape index (κ1) is 16.7. The van der Waals surface area contributed by atoms with Crippen molar-refractivity contribution in [3.63, 3.8) is 0 Å². The van der Waals surface area contributed by atoms with Gasteiger partial charge in [0.1, 0.15) is 0 Å². The highest BCUT2D eigenvalue weighted by molar-refractivity contribution is 5.87. The Balaban J connectivity index is 0.00000220. The third-order valence-electron chi connectivity index (χ3n) is 3.15. The average molecular weight is 293 g/mol. The highest BCUT2D eigenvalue weighted by Crippen LogP contribution is 2.18. The normalized spacial score (nSPS) is 13.2. The van der Waals surface area contributed by atoms with E-state index in [9.17, 15) is 14.7 Å². The number of aromatic nitrogens is 1. The minimum atomic E-state index is -1.30. The van der Waals surface area contributed by atoms with E-state index in [1.807, 2.05) is 24.3 Å². The topological polar surface area (TPSA) is 144 Å². The molecule has 1 aromatic carbocycles. The average Bonchev–Trinajstić information content (AvgIpc) is 2.81. The van der Waals surface area contributed by atoms with Crippen molar-refractivity contribution in [2.24, 2.45) is 0 Å². The number of carbonyl (C=O) groups excluding carboxylic acids is 2. The van der Waals surface area contributed by atoms with E-state index < -0.39 is 24.0 Å². The van der Waals surface area contributed by atoms with Gasteiger partial charge < -0.3 is 31.4 Å². The number of para-hydroxylation sites is 1. The standard InChI is InChI=1S/C14H17N3O3.H2O/c1-8(15)13(18)17-12(14(19)20)6-9-7-16-11-5-3-2-4-10(9)11;/h2-5,7-8,12,16H,6,15H2,1H3,(H,17,18)(H,19,20);1H2/t8-,12-;/m0./s1. The van der Waals surface area contributed by atoms with Crippen molar-refractivity contribution in [2.45, 2.75) is 25.4 Å². The van der Waals surface area contributed by atoms with Crippen molar-refractivity contribution >= 4 is 22.8 Å². The predicted octanol–water partition coefficient (Wildman–Crippen LogP) is -2.25. The van der Waals surface area contributed by atoms with Gasteiger partial charge in [-0.05, 0) is 18.6 Å². The molecule has 2 rings (SSSR count). The lowest BCUT2D eigenvalue weighted by Crippen LogP contribution is -2.67. The smallest absolute Gasteiger partial charge is 0.278 e. The molecule has 0 aliphatic carbocycles. The van der Waals surface area contributed by atoms with Crippen LogP contribution in [0, 0.1) is 0 Å². The number of rotatable bonds is 5. The molecule has 0 aliphatic heterocycles. The monoisotopic (exact) mass is 293 g/mol. The van der Waals surface area contributed by atoms with Crippen molar-refractivity contribution < 1.29 is 25.9 Å². The van der Waals surface area contributed by atoms with Crippen LogP contribution in [0.25, 0.3) is 10.9 Å². The zero-order valence-electron chi connectivity index (χ0n) is 11.7. The fourth-order valence-corrected chi connectivity index (χ4v) is 2.03. The van der Waals surface area contributed by atoms with Crippen LogP contribution in [0.1, 0.15) is 12.5 Å². The Bertz CT molecular complexity index is 636. The van der Waals surface area contributed by atoms with Crippen LogP contribution in [0.15, 0.2) is 30.5 Å². The number of nitrogens with one attached hydrogen (secondary N) is 2. The molecule has 7 nitrogen and oxygen atoms in total. The third kappa shape index (κ3) is 3.80. The van der Waals surface area contributed by atoms with Crippen molar-refractivity contribution in [1.29, 1.82) is 0 Å². The molecule has 1 heterocycles. The lowest BCUT2D eigenvalue weighted by molar-refractivity contribution is -0.398. The number of aromatic amines is 1. The summed E-state index contributed by atoms with van der Waals surface area (Å²) >= 11 is 0. The van der Waals surface area contributed by atoms with E-state index in [2.05, 4.69) is 16.0 Å². The van der Waals surface area contributed by atoms with Crippen LogP contribution in [0.4, 0.5) is 0 Å². The maximum Gasteiger partial charge on any atom is 0.278 e. The maximum atomic E-state index is 11.6. The summed E-state index contributed by atoms with van der Waals surface area (Å²) in [7, 11) is 0. The number of aliphatic carboxylic acids is 1. The van der Waals surface area contributed by atoms with Crippen LogP contribution < -0.4 is 16.2 Å². The van der Waals surface area contributed by atoms with Crippen LogP contribution in [0.5, 0.6) is 0 Å². The zero-order chi connectivity index (χ0) is 14.7. The van der Waals surface area contributed by atoms with Gasteiger partial charge in [-0.3, -0.25) is 4.79 Å². The van der Waals surface area contributed by atoms with Gasteiger partial charge in [0.15, 0.2) is 6.04 Å². The summed E-state index contributed by atoms with van der Waals surface area (Å²) in [5, 5.41) is 14.5. The van der Waals surface area contributed by atoms with Gasteiger partial charge >= 0.3 is 0 Å². The second-order valence-corrected chi connectivity index (χ2v) is 4.84. The van der Waals surface area contributed by atoms with E-state index in [1.165, 1.54) is 0 Å². The Morgan fingerprint density at radius 1 is 1.38 bits per heavy atom. The van der Waals surface area contributed by atoms with Crippen molar-refractivity contribution in [1.82, 2.24) is 10.3 Å². The molecule has 0 saturated carbocycles. The fourth-order valence-electron chi connectivity index (χ4n) is 2.03. The molecule has 21 heavy (non-hydrogen) atoms. The van der Waals surface area contributed by atoms with Crippen molar-refractivity contribution in [3.8, 4) is 0 Å². The first-order valence-electron chi connectivity index (χ1n) is 6.38. The number of carbonyl (C=O) groups is 2. The minimum absolute atomic E-state index is 0. The van der Waals surface area contributed by atoms with Crippen LogP contribution in [0.2, 0.25) is 0 Å². The number of quaternary nitrogens is 1. The summed E-state index contributed by atoms with van der Waals surface area (Å²) in [4.78, 5) is 25.8. The Kier molecular flexibility index (Phi) is 5.45. The summed E-state index contributed by atoms with van der Waals surface area (Å²) in [5.41, 5.74) is 5.32. The molecule has 0 bridgehead atoms. The largest absolute Gasteiger partial charge is 0.548 e. The lowest BCUT2D eigenvalue weighted by Gasteiger charge is -2.19. The summed E-state index contributed by atoms with van der Waals surface area (Å²) in [6.07, 6.45) is 1.92. The Morgan fingerprint density at radius 3 is 2.67 bits per heavy atom. The molecule has 7 heteroatoms. The number of amides is 1. The van der Waals surface area contributed by atoms with Crippen LogP contribution >= 0.6 is 0 Å². The van der Waals surface area contributed by atoms with Gasteiger partial charge in [-0.1, -0.05) is 18.2 Å². The van der Waals surface area contributed by atoms with Gasteiger partial charge in [0.2, 0.25) is 0 Å². The first-order chi connectivity index (χ1) is 9.49. The number of fused-ring (bicyclic) bond motifs is 1. The summed E-state index contributed by atoms with van der Waals surface area (Å²) in [6, 6.07) is 6.00. The van der Waals surface area contributed by atoms with Crippen molar-refractivity contribution in [2.75, 3.05) is 0 Å². The number of H-pyrrole nitrogens is 1. The number of hydrogen-bond acceptors (Lipinski definition) is 3. The van der Waals surface area contributed by atoms with Crippen LogP contribution in [-0.4, -0.2) is 34.4 Å². The SMILES string of the molecule is C[C@H]([NH3+])C(=O)N[C@@H](Cc1c[nH]c2ccccc12)C(=O)[O-].O. The van der Waals surface area contributed by atoms with Gasteiger partial charge in [0.25, 0.3) is 5.91 Å². The van der Waals surface area contributed by atoms with E-state index in [-0.39, 0.29) is 11.9 Å². The van der Waals surface area contributed by atoms with E-state index >= 15 is 0 Å². The fraction of sp³-hybridized carbons (Fsp3) is 0.286. The molecule has 0 fully saturated rings. The maximum absolute atomic E-state index is 11.6. The summed E-state index contributed by atoms with van der Waals surface area (Å²) in [5.74, 6) is -1.71. The van der Waals surface area contributed by atoms with Gasteiger partial charge in [-0.25, -0.2) is 0 Å². The molecule has 1 aromatic heterocycles. The zero-order valence-corrected chi connectivity index (χ0v) is 11.7. The molecule has 0 radical (unpaired) electrons. The van der Waals surface area contributed by atoms with Gasteiger partial charge in [-0.15, -0.1) is 0 Å². The number of hydrogen-bond donors (Lipinski definition) is 3. The highest BCUT2D eigenvalue weighted by Gasteiger charge is 2.19. The third-order valence-corrected chi connectivity index (χ3v) is 3.15. The van der Waals surface area contributed by atoms with Crippen LogP contribution in [-0.2, 0) is 16.0 Å². The minimum Gasteiger partial charge on any atom is -0.548 e. The lowest BCUT2D eigenvalue weighted by atomic mass is 10.0. The predicted molar refractivity (Wildman–Crippen MR) is 74.9 cm³/mol. The second kappa shape index (κ2) is 6.87. The molecule has 1 amide bonds. The van der Waals surface area contributed by atoms with Crippen molar-refractivity contribution in [3.05, 3.63) is 36.0 Å².